The van der Waals surface area contributed by atoms with E-state index in [4.69, 9.17) is 0 Å². The number of carbonyl (C=O) groups excluding carboxylic acids is 2. The van der Waals surface area contributed by atoms with Gasteiger partial charge >= 0.3 is 0 Å². The Labute approximate surface area is 78.5 Å². The Morgan fingerprint density at radius 2 is 1.77 bits per heavy atom. The highest BCUT2D eigenvalue weighted by atomic mass is 19.1. The highest BCUT2D eigenvalue weighted by Gasteiger charge is 2.22. The molecule has 0 saturated heterocycles. The van der Waals surface area contributed by atoms with Gasteiger partial charge in [-0.3, -0.25) is 14.0 Å². The maximum absolute atomic E-state index is 11.7. The highest BCUT2D eigenvalue weighted by molar-refractivity contribution is 6.01. The molecule has 0 aromatic heterocycles. The van der Waals surface area contributed by atoms with E-state index < -0.39 is 12.1 Å². The number of ketones is 2. The maximum atomic E-state index is 11.7. The van der Waals surface area contributed by atoms with Crippen molar-refractivity contribution in [1.82, 2.24) is 0 Å². The van der Waals surface area contributed by atoms with Gasteiger partial charge in [0.25, 0.3) is 0 Å². The lowest BCUT2D eigenvalue weighted by Crippen LogP contribution is -2.22. The lowest BCUT2D eigenvalue weighted by atomic mass is 9.87. The van der Waals surface area contributed by atoms with Crippen LogP contribution in [0.15, 0.2) is 0 Å². The minimum Gasteiger partial charge on any atom is -0.299 e. The van der Waals surface area contributed by atoms with Crippen LogP contribution in [0.3, 0.4) is 0 Å². The van der Waals surface area contributed by atoms with Crippen LogP contribution in [-0.4, -0.2) is 18.2 Å². The molecule has 2 nitrogen and oxygen atoms in total. The Balaban J connectivity index is 3.86. The Bertz CT molecular complexity index is 192. The first-order chi connectivity index (χ1) is 5.88. The molecule has 3 heteroatoms. The minimum absolute atomic E-state index is 0.0521. The van der Waals surface area contributed by atoms with E-state index in [1.54, 1.807) is 20.8 Å². The summed E-state index contributed by atoms with van der Waals surface area (Å²) >= 11 is 0. The summed E-state index contributed by atoms with van der Waals surface area (Å²) in [5.41, 5.74) is -0.467. The number of alkyl halides is 1. The van der Waals surface area contributed by atoms with Crippen molar-refractivity contribution in [2.75, 3.05) is 6.67 Å². The average molecular weight is 188 g/mol. The molecule has 0 aliphatic heterocycles. The molecule has 0 amide bonds. The standard InChI is InChI=1S/C10H17FO2/c1-10(2,3)9(13)7-8(12)5-4-6-11/h4-7H2,1-3H3. The highest BCUT2D eigenvalue weighted by Crippen LogP contribution is 2.17. The van der Waals surface area contributed by atoms with Gasteiger partial charge in [-0.1, -0.05) is 20.8 Å². The Kier molecular flexibility index (Phi) is 4.81. The van der Waals surface area contributed by atoms with Crippen molar-refractivity contribution in [2.24, 2.45) is 5.41 Å². The molecule has 0 aliphatic rings. The molecule has 0 N–H and O–H groups in total. The average Bonchev–Trinajstić information content (AvgIpc) is 1.99. The van der Waals surface area contributed by atoms with Crippen LogP contribution in [0.1, 0.15) is 40.0 Å². The quantitative estimate of drug-likeness (QED) is 0.620. The van der Waals surface area contributed by atoms with Gasteiger partial charge in [-0.2, -0.15) is 0 Å². The third-order valence-corrected chi connectivity index (χ3v) is 1.78. The van der Waals surface area contributed by atoms with E-state index in [0.29, 0.717) is 0 Å². The van der Waals surface area contributed by atoms with Crippen LogP contribution in [0.2, 0.25) is 0 Å². The van der Waals surface area contributed by atoms with Crippen molar-refractivity contribution in [1.29, 1.82) is 0 Å². The van der Waals surface area contributed by atoms with Gasteiger partial charge in [0.05, 0.1) is 13.1 Å². The summed E-state index contributed by atoms with van der Waals surface area (Å²) < 4.78 is 11.7. The van der Waals surface area contributed by atoms with E-state index in [0.717, 1.165) is 0 Å². The maximum Gasteiger partial charge on any atom is 0.145 e. The lowest BCUT2D eigenvalue weighted by Gasteiger charge is -2.15. The second-order valence-corrected chi connectivity index (χ2v) is 4.18. The number of Topliss-reactive ketones (excluding diaryl/α,β-unsaturated/α-hetero) is 2. The molecule has 0 fully saturated rings. The van der Waals surface area contributed by atoms with Crippen LogP contribution in [0, 0.1) is 5.41 Å². The molecule has 0 spiro atoms. The first kappa shape index (κ1) is 12.3. The van der Waals surface area contributed by atoms with Crippen LogP contribution in [0.4, 0.5) is 4.39 Å². The molecular weight excluding hydrogens is 171 g/mol. The van der Waals surface area contributed by atoms with Crippen molar-refractivity contribution in [2.45, 2.75) is 40.0 Å². The molecule has 0 saturated carbocycles. The summed E-state index contributed by atoms with van der Waals surface area (Å²) in [6.45, 7) is 4.84. The molecular formula is C10H17FO2. The molecule has 0 atom stereocenters. The van der Waals surface area contributed by atoms with E-state index in [9.17, 15) is 14.0 Å². The zero-order valence-corrected chi connectivity index (χ0v) is 8.52. The Hall–Kier alpha value is -0.730. The van der Waals surface area contributed by atoms with Gasteiger partial charge in [-0.05, 0) is 6.42 Å². The fourth-order valence-corrected chi connectivity index (χ4v) is 0.797. The molecule has 76 valence electrons. The molecule has 0 unspecified atom stereocenters. The number of hydrogen-bond acceptors (Lipinski definition) is 2. The van der Waals surface area contributed by atoms with Crippen molar-refractivity contribution < 1.29 is 14.0 Å². The largest absolute Gasteiger partial charge is 0.299 e. The Morgan fingerprint density at radius 1 is 1.23 bits per heavy atom. The van der Waals surface area contributed by atoms with E-state index >= 15 is 0 Å². The third-order valence-electron chi connectivity index (χ3n) is 1.78. The van der Waals surface area contributed by atoms with E-state index in [1.165, 1.54) is 0 Å². The fourth-order valence-electron chi connectivity index (χ4n) is 0.797. The van der Waals surface area contributed by atoms with Crippen molar-refractivity contribution in [3.8, 4) is 0 Å². The van der Waals surface area contributed by atoms with Gasteiger partial charge in [-0.25, -0.2) is 0 Å². The minimum atomic E-state index is -0.491. The van der Waals surface area contributed by atoms with Gasteiger partial charge in [0.1, 0.15) is 11.6 Å². The van der Waals surface area contributed by atoms with Crippen molar-refractivity contribution in [3.63, 3.8) is 0 Å². The third kappa shape index (κ3) is 5.50. The monoisotopic (exact) mass is 188 g/mol. The second-order valence-electron chi connectivity index (χ2n) is 4.18. The molecule has 13 heavy (non-hydrogen) atoms. The summed E-state index contributed by atoms with van der Waals surface area (Å²) in [5, 5.41) is 0. The SMILES string of the molecule is CC(C)(C)C(=O)CC(=O)CCCF. The van der Waals surface area contributed by atoms with Crippen LogP contribution in [0.25, 0.3) is 0 Å². The van der Waals surface area contributed by atoms with Crippen molar-refractivity contribution in [3.05, 3.63) is 0 Å². The number of hydrogen-bond donors (Lipinski definition) is 0. The van der Waals surface area contributed by atoms with Gasteiger partial charge < -0.3 is 0 Å². The topological polar surface area (TPSA) is 34.1 Å². The molecule has 0 radical (unpaired) electrons. The van der Waals surface area contributed by atoms with Crippen molar-refractivity contribution >= 4 is 11.6 Å². The molecule has 0 bridgehead atoms. The summed E-state index contributed by atoms with van der Waals surface area (Å²) in [4.78, 5) is 22.4. The van der Waals surface area contributed by atoms with E-state index in [2.05, 4.69) is 0 Å². The predicted octanol–water partition coefficient (Wildman–Crippen LogP) is 2.31. The Morgan fingerprint density at radius 3 is 2.15 bits per heavy atom. The van der Waals surface area contributed by atoms with Crippen LogP contribution < -0.4 is 0 Å². The number of rotatable bonds is 5. The number of carbonyl (C=O) groups is 2. The number of halogens is 1. The summed E-state index contributed by atoms with van der Waals surface area (Å²) in [7, 11) is 0. The molecule has 0 heterocycles. The fraction of sp³-hybridized carbons (Fsp3) is 0.800. The van der Waals surface area contributed by atoms with Gasteiger partial charge in [0.15, 0.2) is 0 Å². The summed E-state index contributed by atoms with van der Waals surface area (Å²) in [6.07, 6.45) is 0.359. The molecule has 0 aromatic carbocycles. The zero-order chi connectivity index (χ0) is 10.5. The summed E-state index contributed by atoms with van der Waals surface area (Å²) in [6, 6.07) is 0. The molecule has 0 aliphatic carbocycles. The van der Waals surface area contributed by atoms with Gasteiger partial charge in [0.2, 0.25) is 0 Å². The molecule has 0 aromatic rings. The van der Waals surface area contributed by atoms with E-state index in [-0.39, 0.29) is 30.8 Å². The van der Waals surface area contributed by atoms with Crippen LogP contribution >= 0.6 is 0 Å². The second kappa shape index (κ2) is 5.10. The van der Waals surface area contributed by atoms with Crippen LogP contribution in [-0.2, 0) is 9.59 Å². The summed E-state index contributed by atoms with van der Waals surface area (Å²) in [5.74, 6) is -0.228. The van der Waals surface area contributed by atoms with Gasteiger partial charge in [-0.15, -0.1) is 0 Å². The smallest absolute Gasteiger partial charge is 0.145 e. The van der Waals surface area contributed by atoms with Crippen LogP contribution in [0.5, 0.6) is 0 Å². The first-order valence-corrected chi connectivity index (χ1v) is 4.49. The predicted molar refractivity (Wildman–Crippen MR) is 49.3 cm³/mol. The first-order valence-electron chi connectivity index (χ1n) is 4.49. The van der Waals surface area contributed by atoms with Gasteiger partial charge in [0, 0.05) is 11.8 Å². The zero-order valence-electron chi connectivity index (χ0n) is 8.52. The normalized spacial score (nSPS) is 11.4. The lowest BCUT2D eigenvalue weighted by molar-refractivity contribution is -0.131. The molecule has 0 rings (SSSR count). The van der Waals surface area contributed by atoms with E-state index in [1.807, 2.05) is 0 Å².